The van der Waals surface area contributed by atoms with Gasteiger partial charge in [0.15, 0.2) is 5.60 Å². The number of carbonyl (C=O) groups is 1. The third kappa shape index (κ3) is 3.30. The van der Waals surface area contributed by atoms with Gasteiger partial charge in [-0.25, -0.2) is 4.39 Å². The van der Waals surface area contributed by atoms with E-state index >= 15 is 0 Å². The van der Waals surface area contributed by atoms with Crippen molar-refractivity contribution in [2.45, 2.75) is 19.1 Å². The monoisotopic (exact) mass is 266 g/mol. The van der Waals surface area contributed by atoms with E-state index in [9.17, 15) is 9.18 Å². The lowest BCUT2D eigenvalue weighted by atomic mass is 10.0. The summed E-state index contributed by atoms with van der Waals surface area (Å²) in [5, 5.41) is 3.16. The zero-order valence-electron chi connectivity index (χ0n) is 11.3. The molecule has 1 aliphatic rings. The molecule has 2 rings (SSSR count). The molecular weight excluding hydrogens is 247 g/mol. The summed E-state index contributed by atoms with van der Waals surface area (Å²) < 4.78 is 18.4. The largest absolute Gasteiger partial charge is 0.363 e. The van der Waals surface area contributed by atoms with Gasteiger partial charge < -0.3 is 15.0 Å². The van der Waals surface area contributed by atoms with Crippen LogP contribution in [-0.2, 0) is 16.1 Å². The number of amides is 1. The van der Waals surface area contributed by atoms with E-state index < -0.39 is 5.60 Å². The van der Waals surface area contributed by atoms with Crippen LogP contribution in [0.4, 0.5) is 4.39 Å². The number of carbonyl (C=O) groups excluding carboxylic acids is 1. The van der Waals surface area contributed by atoms with Crippen LogP contribution in [0, 0.1) is 5.82 Å². The summed E-state index contributed by atoms with van der Waals surface area (Å²) in [6.45, 7) is 4.05. The van der Waals surface area contributed by atoms with Crippen LogP contribution in [0.3, 0.4) is 0 Å². The molecule has 1 atom stereocenters. The molecule has 1 amide bonds. The maximum absolute atomic E-state index is 12.8. The molecular formula is C14H19FN2O2. The number of rotatable bonds is 3. The molecule has 1 aromatic carbocycles. The maximum atomic E-state index is 12.8. The van der Waals surface area contributed by atoms with Crippen molar-refractivity contribution < 1.29 is 13.9 Å². The first-order chi connectivity index (χ1) is 9.01. The van der Waals surface area contributed by atoms with Gasteiger partial charge in [0.1, 0.15) is 5.82 Å². The van der Waals surface area contributed by atoms with Crippen molar-refractivity contribution in [3.63, 3.8) is 0 Å². The molecule has 0 aromatic heterocycles. The standard InChI is InChI=1S/C14H19FN2O2/c1-14(10-16-7-8-19-14)13(18)17(2)9-11-3-5-12(15)6-4-11/h3-6,16H,7-10H2,1-2H3/t14-/m1/s1. The number of halogens is 1. The summed E-state index contributed by atoms with van der Waals surface area (Å²) in [6.07, 6.45) is 0. The third-order valence-electron chi connectivity index (χ3n) is 3.29. The lowest BCUT2D eigenvalue weighted by molar-refractivity contribution is -0.158. The third-order valence-corrected chi connectivity index (χ3v) is 3.29. The highest BCUT2D eigenvalue weighted by Gasteiger charge is 2.38. The summed E-state index contributed by atoms with van der Waals surface area (Å²) in [7, 11) is 1.73. The Bertz CT molecular complexity index is 441. The molecule has 1 aliphatic heterocycles. The van der Waals surface area contributed by atoms with Crippen LogP contribution >= 0.6 is 0 Å². The van der Waals surface area contributed by atoms with Crippen molar-refractivity contribution in [1.82, 2.24) is 10.2 Å². The Labute approximate surface area is 112 Å². The molecule has 1 fully saturated rings. The van der Waals surface area contributed by atoms with Gasteiger partial charge in [0.25, 0.3) is 5.91 Å². The Hall–Kier alpha value is -1.46. The number of hydrogen-bond acceptors (Lipinski definition) is 3. The molecule has 0 bridgehead atoms. The number of hydrogen-bond donors (Lipinski definition) is 1. The zero-order chi connectivity index (χ0) is 13.9. The van der Waals surface area contributed by atoms with Crippen molar-refractivity contribution in [3.05, 3.63) is 35.6 Å². The van der Waals surface area contributed by atoms with E-state index in [2.05, 4.69) is 5.32 Å². The predicted molar refractivity (Wildman–Crippen MR) is 70.1 cm³/mol. The average Bonchev–Trinajstić information content (AvgIpc) is 2.41. The minimum Gasteiger partial charge on any atom is -0.363 e. The number of nitrogens with zero attached hydrogens (tertiary/aromatic N) is 1. The van der Waals surface area contributed by atoms with E-state index in [1.807, 2.05) is 0 Å². The Kier molecular flexibility index (Phi) is 4.17. The number of nitrogens with one attached hydrogen (secondary N) is 1. The van der Waals surface area contributed by atoms with Crippen LogP contribution in [0.15, 0.2) is 24.3 Å². The van der Waals surface area contributed by atoms with Gasteiger partial charge in [-0.05, 0) is 24.6 Å². The van der Waals surface area contributed by atoms with E-state index in [0.717, 1.165) is 12.1 Å². The quantitative estimate of drug-likeness (QED) is 0.892. The Morgan fingerprint density at radius 1 is 1.47 bits per heavy atom. The first kappa shape index (κ1) is 14.0. The molecule has 104 valence electrons. The average molecular weight is 266 g/mol. The summed E-state index contributed by atoms with van der Waals surface area (Å²) in [6, 6.07) is 6.16. The molecule has 0 aliphatic carbocycles. The molecule has 5 heteroatoms. The lowest BCUT2D eigenvalue weighted by Gasteiger charge is -2.36. The highest BCUT2D eigenvalue weighted by molar-refractivity contribution is 5.85. The van der Waals surface area contributed by atoms with Crippen molar-refractivity contribution in [2.24, 2.45) is 0 Å². The van der Waals surface area contributed by atoms with Gasteiger partial charge in [-0.2, -0.15) is 0 Å². The highest BCUT2D eigenvalue weighted by atomic mass is 19.1. The van der Waals surface area contributed by atoms with Gasteiger partial charge in [-0.3, -0.25) is 4.79 Å². The molecule has 0 spiro atoms. The van der Waals surface area contributed by atoms with Crippen LogP contribution in [-0.4, -0.2) is 43.2 Å². The lowest BCUT2D eigenvalue weighted by Crippen LogP contribution is -2.57. The second-order valence-electron chi connectivity index (χ2n) is 5.04. The van der Waals surface area contributed by atoms with Crippen LogP contribution in [0.1, 0.15) is 12.5 Å². The Morgan fingerprint density at radius 2 is 2.16 bits per heavy atom. The SMILES string of the molecule is CN(Cc1ccc(F)cc1)C(=O)[C@@]1(C)CNCCO1. The molecule has 19 heavy (non-hydrogen) atoms. The van der Waals surface area contributed by atoms with Gasteiger partial charge >= 0.3 is 0 Å². The van der Waals surface area contributed by atoms with Crippen molar-refractivity contribution in [1.29, 1.82) is 0 Å². The molecule has 1 saturated heterocycles. The van der Waals surface area contributed by atoms with Gasteiger partial charge in [0.2, 0.25) is 0 Å². The van der Waals surface area contributed by atoms with E-state index in [0.29, 0.717) is 19.7 Å². The molecule has 1 aromatic rings. The molecule has 1 N–H and O–H groups in total. The number of ether oxygens (including phenoxy) is 1. The van der Waals surface area contributed by atoms with Crippen LogP contribution < -0.4 is 5.32 Å². The first-order valence-corrected chi connectivity index (χ1v) is 6.36. The number of benzene rings is 1. The Morgan fingerprint density at radius 3 is 2.74 bits per heavy atom. The zero-order valence-corrected chi connectivity index (χ0v) is 11.3. The fourth-order valence-electron chi connectivity index (χ4n) is 2.20. The van der Waals surface area contributed by atoms with E-state index in [4.69, 9.17) is 4.74 Å². The second-order valence-corrected chi connectivity index (χ2v) is 5.04. The van der Waals surface area contributed by atoms with Gasteiger partial charge in [-0.1, -0.05) is 12.1 Å². The van der Waals surface area contributed by atoms with Gasteiger partial charge in [-0.15, -0.1) is 0 Å². The Balaban J connectivity index is 2.00. The van der Waals surface area contributed by atoms with Crippen LogP contribution in [0.5, 0.6) is 0 Å². The minimum atomic E-state index is -0.812. The molecule has 0 unspecified atom stereocenters. The highest BCUT2D eigenvalue weighted by Crippen LogP contribution is 2.17. The van der Waals surface area contributed by atoms with Gasteiger partial charge in [0.05, 0.1) is 6.61 Å². The van der Waals surface area contributed by atoms with Gasteiger partial charge in [0, 0.05) is 26.7 Å². The summed E-state index contributed by atoms with van der Waals surface area (Å²) in [5.74, 6) is -0.339. The first-order valence-electron chi connectivity index (χ1n) is 6.36. The van der Waals surface area contributed by atoms with Crippen LogP contribution in [0.2, 0.25) is 0 Å². The fraction of sp³-hybridized carbons (Fsp3) is 0.500. The summed E-state index contributed by atoms with van der Waals surface area (Å²) in [5.41, 5.74) is 0.0807. The maximum Gasteiger partial charge on any atom is 0.255 e. The topological polar surface area (TPSA) is 41.6 Å². The van der Waals surface area contributed by atoms with E-state index in [1.54, 1.807) is 31.0 Å². The molecule has 4 nitrogen and oxygen atoms in total. The van der Waals surface area contributed by atoms with E-state index in [1.165, 1.54) is 12.1 Å². The smallest absolute Gasteiger partial charge is 0.255 e. The summed E-state index contributed by atoms with van der Waals surface area (Å²) in [4.78, 5) is 14.0. The summed E-state index contributed by atoms with van der Waals surface area (Å²) >= 11 is 0. The molecule has 1 heterocycles. The molecule has 0 saturated carbocycles. The molecule has 0 radical (unpaired) electrons. The number of morpholine rings is 1. The fourth-order valence-corrected chi connectivity index (χ4v) is 2.20. The second kappa shape index (κ2) is 5.67. The normalized spacial score (nSPS) is 23.1. The van der Waals surface area contributed by atoms with Crippen molar-refractivity contribution in [3.8, 4) is 0 Å². The minimum absolute atomic E-state index is 0.0657. The van der Waals surface area contributed by atoms with E-state index in [-0.39, 0.29) is 11.7 Å². The van der Waals surface area contributed by atoms with Crippen LogP contribution in [0.25, 0.3) is 0 Å². The van der Waals surface area contributed by atoms with Crippen molar-refractivity contribution >= 4 is 5.91 Å². The van der Waals surface area contributed by atoms with Crippen molar-refractivity contribution in [2.75, 3.05) is 26.7 Å². The number of likely N-dealkylation sites (N-methyl/N-ethyl adjacent to an activating group) is 1. The predicted octanol–water partition coefficient (Wildman–Crippen LogP) is 1.16.